The lowest BCUT2D eigenvalue weighted by Crippen LogP contribution is -2.19. The smallest absolute Gasteiger partial charge is 0.200 e. The quantitative estimate of drug-likeness (QED) is 0.926. The van der Waals surface area contributed by atoms with Crippen molar-refractivity contribution in [3.63, 3.8) is 0 Å². The standard InChI is InChI=1S/C14H12BrF2NO/c15-10-5-2-1-4-9(10)13(8-18)19-12-7-3-6-11(16)14(12)17/h1-7,13H,8,18H2. The minimum Gasteiger partial charge on any atom is -0.481 e. The van der Waals surface area contributed by atoms with Crippen molar-refractivity contribution in [1.29, 1.82) is 0 Å². The van der Waals surface area contributed by atoms with Crippen molar-refractivity contribution in [2.24, 2.45) is 5.73 Å². The normalized spacial score (nSPS) is 12.2. The van der Waals surface area contributed by atoms with Crippen LogP contribution in [0.4, 0.5) is 8.78 Å². The predicted molar refractivity (Wildman–Crippen MR) is 72.9 cm³/mol. The largest absolute Gasteiger partial charge is 0.481 e. The Morgan fingerprint density at radius 3 is 2.53 bits per heavy atom. The van der Waals surface area contributed by atoms with Gasteiger partial charge in [-0.2, -0.15) is 4.39 Å². The van der Waals surface area contributed by atoms with Gasteiger partial charge in [0.15, 0.2) is 11.6 Å². The topological polar surface area (TPSA) is 35.2 Å². The first-order valence-electron chi connectivity index (χ1n) is 5.68. The van der Waals surface area contributed by atoms with Crippen molar-refractivity contribution in [2.75, 3.05) is 6.54 Å². The fourth-order valence-corrected chi connectivity index (χ4v) is 2.24. The van der Waals surface area contributed by atoms with Crippen LogP contribution < -0.4 is 10.5 Å². The van der Waals surface area contributed by atoms with Gasteiger partial charge in [0.05, 0.1) is 0 Å². The van der Waals surface area contributed by atoms with E-state index in [0.29, 0.717) is 0 Å². The molecule has 2 aromatic carbocycles. The number of benzene rings is 2. The molecule has 0 spiro atoms. The maximum atomic E-state index is 13.6. The number of halogens is 3. The van der Waals surface area contributed by atoms with Crippen LogP contribution in [0.15, 0.2) is 46.9 Å². The van der Waals surface area contributed by atoms with Crippen molar-refractivity contribution >= 4 is 15.9 Å². The summed E-state index contributed by atoms with van der Waals surface area (Å²) in [7, 11) is 0. The first-order chi connectivity index (χ1) is 9.13. The number of ether oxygens (including phenoxy) is 1. The highest BCUT2D eigenvalue weighted by Crippen LogP contribution is 2.29. The molecule has 100 valence electrons. The predicted octanol–water partition coefficient (Wildman–Crippen LogP) is 3.81. The van der Waals surface area contributed by atoms with Gasteiger partial charge in [-0.15, -0.1) is 0 Å². The molecule has 0 fully saturated rings. The van der Waals surface area contributed by atoms with Gasteiger partial charge in [0, 0.05) is 16.6 Å². The van der Waals surface area contributed by atoms with E-state index >= 15 is 0 Å². The van der Waals surface area contributed by atoms with E-state index in [9.17, 15) is 8.78 Å². The second-order valence-corrected chi connectivity index (χ2v) is 4.77. The molecule has 0 bridgehead atoms. The van der Waals surface area contributed by atoms with E-state index in [0.717, 1.165) is 16.1 Å². The Balaban J connectivity index is 2.30. The van der Waals surface area contributed by atoms with Crippen LogP contribution in [0.25, 0.3) is 0 Å². The van der Waals surface area contributed by atoms with E-state index in [1.54, 1.807) is 0 Å². The van der Waals surface area contributed by atoms with E-state index < -0.39 is 17.7 Å². The van der Waals surface area contributed by atoms with Crippen molar-refractivity contribution < 1.29 is 13.5 Å². The number of hydrogen-bond donors (Lipinski definition) is 1. The van der Waals surface area contributed by atoms with Gasteiger partial charge in [0.1, 0.15) is 6.10 Å². The average Bonchev–Trinajstić information content (AvgIpc) is 2.41. The van der Waals surface area contributed by atoms with Crippen molar-refractivity contribution in [3.05, 3.63) is 64.1 Å². The molecule has 1 atom stereocenters. The molecule has 5 heteroatoms. The number of hydrogen-bond acceptors (Lipinski definition) is 2. The number of rotatable bonds is 4. The van der Waals surface area contributed by atoms with E-state index in [-0.39, 0.29) is 12.3 Å². The molecule has 2 N–H and O–H groups in total. The Bertz CT molecular complexity index is 577. The third kappa shape index (κ3) is 3.11. The average molecular weight is 328 g/mol. The molecule has 2 nitrogen and oxygen atoms in total. The van der Waals surface area contributed by atoms with Crippen molar-refractivity contribution in [3.8, 4) is 5.75 Å². The van der Waals surface area contributed by atoms with Crippen LogP contribution in [-0.4, -0.2) is 6.54 Å². The maximum Gasteiger partial charge on any atom is 0.200 e. The van der Waals surface area contributed by atoms with Crippen LogP contribution in [0.2, 0.25) is 0 Å². The van der Waals surface area contributed by atoms with Gasteiger partial charge >= 0.3 is 0 Å². The van der Waals surface area contributed by atoms with Crippen LogP contribution in [0, 0.1) is 11.6 Å². The summed E-state index contributed by atoms with van der Waals surface area (Å²) in [6, 6.07) is 11.1. The molecule has 0 aliphatic heterocycles. The molecule has 0 saturated heterocycles. The SMILES string of the molecule is NCC(Oc1cccc(F)c1F)c1ccccc1Br. The fraction of sp³-hybridized carbons (Fsp3) is 0.143. The molecule has 19 heavy (non-hydrogen) atoms. The third-order valence-electron chi connectivity index (χ3n) is 2.65. The monoisotopic (exact) mass is 327 g/mol. The van der Waals surface area contributed by atoms with Crippen LogP contribution in [-0.2, 0) is 0 Å². The minimum atomic E-state index is -1.01. The van der Waals surface area contributed by atoms with Gasteiger partial charge in [-0.25, -0.2) is 4.39 Å². The molecule has 1 unspecified atom stereocenters. The molecule has 0 aliphatic carbocycles. The molecule has 2 rings (SSSR count). The van der Waals surface area contributed by atoms with E-state index in [1.807, 2.05) is 24.3 Å². The molecule has 0 heterocycles. The van der Waals surface area contributed by atoms with Crippen molar-refractivity contribution in [2.45, 2.75) is 6.10 Å². The van der Waals surface area contributed by atoms with E-state index in [2.05, 4.69) is 15.9 Å². The van der Waals surface area contributed by atoms with Crippen LogP contribution in [0.3, 0.4) is 0 Å². The zero-order valence-corrected chi connectivity index (χ0v) is 11.5. The molecule has 0 saturated carbocycles. The Morgan fingerprint density at radius 1 is 1.11 bits per heavy atom. The lowest BCUT2D eigenvalue weighted by atomic mass is 10.1. The second kappa shape index (κ2) is 6.12. The van der Waals surface area contributed by atoms with Gasteiger partial charge in [-0.05, 0) is 18.2 Å². The lowest BCUT2D eigenvalue weighted by molar-refractivity contribution is 0.201. The Labute approximate surface area is 118 Å². The van der Waals surface area contributed by atoms with Crippen LogP contribution in [0.1, 0.15) is 11.7 Å². The summed E-state index contributed by atoms with van der Waals surface area (Å²) in [6.45, 7) is 0.151. The molecular formula is C14H12BrF2NO. The summed E-state index contributed by atoms with van der Waals surface area (Å²) in [6.07, 6.45) is -0.549. The zero-order valence-electron chi connectivity index (χ0n) is 9.95. The van der Waals surface area contributed by atoms with Crippen LogP contribution in [0.5, 0.6) is 5.75 Å². The summed E-state index contributed by atoms with van der Waals surface area (Å²) in [5.74, 6) is -2.10. The summed E-state index contributed by atoms with van der Waals surface area (Å²) in [5, 5.41) is 0. The van der Waals surface area contributed by atoms with Gasteiger partial charge in [0.2, 0.25) is 5.82 Å². The summed E-state index contributed by atoms with van der Waals surface area (Å²) in [4.78, 5) is 0. The highest BCUT2D eigenvalue weighted by atomic mass is 79.9. The molecule has 2 aromatic rings. The summed E-state index contributed by atoms with van der Waals surface area (Å²) < 4.78 is 33.0. The molecule has 0 aliphatic rings. The van der Waals surface area contributed by atoms with Gasteiger partial charge in [-0.3, -0.25) is 0 Å². The highest BCUT2D eigenvalue weighted by Gasteiger charge is 2.17. The van der Waals surface area contributed by atoms with Gasteiger partial charge in [0.25, 0.3) is 0 Å². The van der Waals surface area contributed by atoms with E-state index in [1.165, 1.54) is 12.1 Å². The molecular weight excluding hydrogens is 316 g/mol. The van der Waals surface area contributed by atoms with Gasteiger partial charge in [-0.1, -0.05) is 40.2 Å². The Kier molecular flexibility index (Phi) is 4.50. The lowest BCUT2D eigenvalue weighted by Gasteiger charge is -2.19. The van der Waals surface area contributed by atoms with Gasteiger partial charge < -0.3 is 10.5 Å². The highest BCUT2D eigenvalue weighted by molar-refractivity contribution is 9.10. The van der Waals surface area contributed by atoms with Crippen molar-refractivity contribution in [1.82, 2.24) is 0 Å². The Hall–Kier alpha value is -1.46. The first kappa shape index (κ1) is 14.0. The molecule has 0 amide bonds. The minimum absolute atomic E-state index is 0.147. The summed E-state index contributed by atoms with van der Waals surface area (Å²) >= 11 is 3.38. The van der Waals surface area contributed by atoms with Crippen LogP contribution >= 0.6 is 15.9 Å². The molecule has 0 aromatic heterocycles. The maximum absolute atomic E-state index is 13.6. The Morgan fingerprint density at radius 2 is 1.84 bits per heavy atom. The first-order valence-corrected chi connectivity index (χ1v) is 6.48. The fourth-order valence-electron chi connectivity index (χ4n) is 1.70. The third-order valence-corrected chi connectivity index (χ3v) is 3.37. The molecule has 0 radical (unpaired) electrons. The number of nitrogens with two attached hydrogens (primary N) is 1. The summed E-state index contributed by atoms with van der Waals surface area (Å²) in [5.41, 5.74) is 6.43. The second-order valence-electron chi connectivity index (χ2n) is 3.92. The zero-order chi connectivity index (χ0) is 13.8. The van der Waals surface area contributed by atoms with E-state index in [4.69, 9.17) is 10.5 Å².